The molecule has 1 aromatic rings. The Morgan fingerprint density at radius 1 is 1.30 bits per heavy atom. The van der Waals surface area contributed by atoms with E-state index < -0.39 is 17.9 Å². The lowest BCUT2D eigenvalue weighted by atomic mass is 9.96. The first-order valence-electron chi connectivity index (χ1n) is 7.43. The summed E-state index contributed by atoms with van der Waals surface area (Å²) in [5.74, 6) is -2.13. The maximum atomic E-state index is 12.3. The molecule has 2 rings (SSSR count). The first-order chi connectivity index (χ1) is 10.8. The Labute approximate surface area is 131 Å². The predicted octanol–water partition coefficient (Wildman–Crippen LogP) is 3.39. The highest BCUT2D eigenvalue weighted by Crippen LogP contribution is 2.31. The molecule has 126 valence electrons. The number of anilines is 1. The average Bonchev–Trinajstić information content (AvgIpc) is 2.96. The van der Waals surface area contributed by atoms with Crippen molar-refractivity contribution >= 4 is 17.5 Å². The highest BCUT2D eigenvalue weighted by atomic mass is 19.4. The van der Waals surface area contributed by atoms with E-state index in [9.17, 15) is 22.8 Å². The number of amides is 1. The van der Waals surface area contributed by atoms with Gasteiger partial charge in [0.25, 0.3) is 5.78 Å². The lowest BCUT2D eigenvalue weighted by Gasteiger charge is -2.26. The number of hydrogen-bond donors (Lipinski definition) is 0. The number of hydrogen-bond acceptors (Lipinski definition) is 3. The van der Waals surface area contributed by atoms with Crippen LogP contribution in [0.1, 0.15) is 45.1 Å². The van der Waals surface area contributed by atoms with E-state index in [1.54, 1.807) is 10.7 Å². The quantitative estimate of drug-likeness (QED) is 0.796. The molecular formula is C15H18F3N3O2. The van der Waals surface area contributed by atoms with Gasteiger partial charge >= 0.3 is 6.18 Å². The molecule has 8 heteroatoms. The maximum absolute atomic E-state index is 12.3. The number of carbonyl (C=O) groups excluding carboxylic acids is 2. The van der Waals surface area contributed by atoms with Crippen molar-refractivity contribution in [2.75, 3.05) is 4.90 Å². The molecule has 0 aliphatic heterocycles. The van der Waals surface area contributed by atoms with Crippen molar-refractivity contribution in [3.05, 3.63) is 24.5 Å². The van der Waals surface area contributed by atoms with E-state index in [-0.39, 0.29) is 6.04 Å². The second kappa shape index (κ2) is 6.97. The highest BCUT2D eigenvalue weighted by molar-refractivity contribution is 5.98. The van der Waals surface area contributed by atoms with E-state index in [2.05, 4.69) is 5.10 Å². The minimum atomic E-state index is -4.96. The highest BCUT2D eigenvalue weighted by Gasteiger charge is 2.36. The number of carbonyl (C=O) groups is 2. The molecule has 0 N–H and O–H groups in total. The number of allylic oxidation sites excluding steroid dienone is 1. The van der Waals surface area contributed by atoms with Crippen LogP contribution in [0.4, 0.5) is 19.0 Å². The predicted molar refractivity (Wildman–Crippen MR) is 77.7 cm³/mol. The topological polar surface area (TPSA) is 55.2 Å². The molecular weight excluding hydrogens is 311 g/mol. The first-order valence-corrected chi connectivity index (χ1v) is 7.43. The molecule has 5 nitrogen and oxygen atoms in total. The lowest BCUT2D eigenvalue weighted by molar-refractivity contribution is -0.165. The summed E-state index contributed by atoms with van der Waals surface area (Å²) in [5.41, 5.74) is 0. The van der Waals surface area contributed by atoms with Crippen molar-refractivity contribution in [2.24, 2.45) is 0 Å². The largest absolute Gasteiger partial charge is 0.454 e. The summed E-state index contributed by atoms with van der Waals surface area (Å²) in [5, 5.41) is 4.20. The Balaban J connectivity index is 2.25. The summed E-state index contributed by atoms with van der Waals surface area (Å²) in [7, 11) is 0. The van der Waals surface area contributed by atoms with Crippen LogP contribution >= 0.6 is 0 Å². The van der Waals surface area contributed by atoms with E-state index >= 15 is 0 Å². The van der Waals surface area contributed by atoms with E-state index in [1.807, 2.05) is 0 Å². The van der Waals surface area contributed by atoms with Gasteiger partial charge in [0.2, 0.25) is 5.91 Å². The van der Waals surface area contributed by atoms with Gasteiger partial charge in [0.15, 0.2) is 0 Å². The van der Waals surface area contributed by atoms with Gasteiger partial charge in [-0.2, -0.15) is 18.3 Å². The molecule has 1 aliphatic rings. The van der Waals surface area contributed by atoms with Gasteiger partial charge in [-0.05, 0) is 12.8 Å². The Morgan fingerprint density at radius 3 is 2.52 bits per heavy atom. The molecule has 0 atom stereocenters. The minimum absolute atomic E-state index is 0.113. The minimum Gasteiger partial charge on any atom is -0.285 e. The molecule has 0 bridgehead atoms. The SMILES string of the molecule is CC(=O)N(/C=C/C(=O)C(F)(F)F)c1ccnn1C1CCCCC1. The summed E-state index contributed by atoms with van der Waals surface area (Å²) in [6.45, 7) is 1.22. The molecule has 0 saturated heterocycles. The average molecular weight is 329 g/mol. The number of nitrogens with zero attached hydrogens (tertiary/aromatic N) is 3. The van der Waals surface area contributed by atoms with Gasteiger partial charge in [-0.25, -0.2) is 4.68 Å². The fourth-order valence-corrected chi connectivity index (χ4v) is 2.68. The van der Waals surface area contributed by atoms with Crippen LogP contribution in [0.3, 0.4) is 0 Å². The van der Waals surface area contributed by atoms with Crippen LogP contribution in [0.5, 0.6) is 0 Å². The molecule has 1 aromatic heterocycles. The third-order valence-corrected chi connectivity index (χ3v) is 3.81. The van der Waals surface area contributed by atoms with Gasteiger partial charge in [-0.1, -0.05) is 19.3 Å². The van der Waals surface area contributed by atoms with Gasteiger partial charge in [0, 0.05) is 25.3 Å². The van der Waals surface area contributed by atoms with Crippen LogP contribution in [0, 0.1) is 0 Å². The standard InChI is InChI=1S/C15H18F3N3O2/c1-11(22)20(10-8-13(23)15(16,17)18)14-7-9-19-21(14)12-5-3-2-4-6-12/h7-10,12H,2-6H2,1H3/b10-8+. The molecule has 0 radical (unpaired) electrons. The maximum Gasteiger partial charge on any atom is 0.454 e. The van der Waals surface area contributed by atoms with Crippen molar-refractivity contribution in [3.8, 4) is 0 Å². The molecule has 1 saturated carbocycles. The van der Waals surface area contributed by atoms with Gasteiger partial charge in [-0.3, -0.25) is 14.5 Å². The molecule has 1 fully saturated rings. The number of aromatic nitrogens is 2. The fourth-order valence-electron chi connectivity index (χ4n) is 2.68. The Morgan fingerprint density at radius 2 is 1.96 bits per heavy atom. The number of halogens is 3. The smallest absolute Gasteiger partial charge is 0.285 e. The third kappa shape index (κ3) is 4.20. The van der Waals surface area contributed by atoms with Gasteiger partial charge in [0.05, 0.1) is 12.2 Å². The number of rotatable bonds is 4. The van der Waals surface area contributed by atoms with Crippen molar-refractivity contribution in [3.63, 3.8) is 0 Å². The van der Waals surface area contributed by atoms with Crippen LogP contribution in [-0.2, 0) is 9.59 Å². The summed E-state index contributed by atoms with van der Waals surface area (Å²) in [4.78, 5) is 23.8. The molecule has 0 spiro atoms. The van der Waals surface area contributed by atoms with Crippen LogP contribution in [0.2, 0.25) is 0 Å². The lowest BCUT2D eigenvalue weighted by Crippen LogP contribution is -2.28. The van der Waals surface area contributed by atoms with Gasteiger partial charge in [0.1, 0.15) is 5.82 Å². The van der Waals surface area contributed by atoms with Gasteiger partial charge < -0.3 is 0 Å². The normalized spacial score (nSPS) is 16.7. The zero-order chi connectivity index (χ0) is 17.0. The molecule has 0 aromatic carbocycles. The second-order valence-electron chi connectivity index (χ2n) is 5.49. The molecule has 23 heavy (non-hydrogen) atoms. The summed E-state index contributed by atoms with van der Waals surface area (Å²) in [6.07, 6.45) is 2.82. The Hall–Kier alpha value is -2.12. The summed E-state index contributed by atoms with van der Waals surface area (Å²) in [6, 6.07) is 1.67. The van der Waals surface area contributed by atoms with Crippen LogP contribution in [0.15, 0.2) is 24.5 Å². The van der Waals surface area contributed by atoms with E-state index in [0.717, 1.165) is 43.2 Å². The van der Waals surface area contributed by atoms with E-state index in [0.29, 0.717) is 11.9 Å². The Bertz CT molecular complexity index is 601. The molecule has 1 heterocycles. The van der Waals surface area contributed by atoms with Crippen LogP contribution in [-0.4, -0.2) is 27.6 Å². The number of alkyl halides is 3. The third-order valence-electron chi connectivity index (χ3n) is 3.81. The molecule has 0 unspecified atom stereocenters. The summed E-state index contributed by atoms with van der Waals surface area (Å²) < 4.78 is 38.5. The van der Waals surface area contributed by atoms with Crippen molar-refractivity contribution in [1.29, 1.82) is 0 Å². The molecule has 1 aliphatic carbocycles. The monoisotopic (exact) mass is 329 g/mol. The van der Waals surface area contributed by atoms with Crippen molar-refractivity contribution in [2.45, 2.75) is 51.2 Å². The summed E-state index contributed by atoms with van der Waals surface area (Å²) >= 11 is 0. The van der Waals surface area contributed by atoms with Crippen LogP contribution in [0.25, 0.3) is 0 Å². The number of ketones is 1. The second-order valence-corrected chi connectivity index (χ2v) is 5.49. The zero-order valence-electron chi connectivity index (χ0n) is 12.7. The van der Waals surface area contributed by atoms with E-state index in [1.165, 1.54) is 13.1 Å². The van der Waals surface area contributed by atoms with Crippen molar-refractivity contribution < 1.29 is 22.8 Å². The van der Waals surface area contributed by atoms with Crippen LogP contribution < -0.4 is 4.90 Å². The van der Waals surface area contributed by atoms with Crippen molar-refractivity contribution in [1.82, 2.24) is 9.78 Å². The Kier molecular flexibility index (Phi) is 5.23. The zero-order valence-corrected chi connectivity index (χ0v) is 12.7. The first kappa shape index (κ1) is 17.2. The van der Waals surface area contributed by atoms with E-state index in [4.69, 9.17) is 0 Å². The molecule has 1 amide bonds. The fraction of sp³-hybridized carbons (Fsp3) is 0.533. The van der Waals surface area contributed by atoms with Gasteiger partial charge in [-0.15, -0.1) is 0 Å².